The second kappa shape index (κ2) is 4.00. The topological polar surface area (TPSA) is 29.9 Å². The van der Waals surface area contributed by atoms with Crippen molar-refractivity contribution in [1.82, 2.24) is 14.9 Å². The highest BCUT2D eigenvalue weighted by atomic mass is 15.1. The molecule has 1 aliphatic carbocycles. The Kier molecular flexibility index (Phi) is 2.48. The van der Waals surface area contributed by atoms with Gasteiger partial charge in [-0.05, 0) is 24.6 Å². The van der Waals surface area contributed by atoms with Crippen molar-refractivity contribution in [1.29, 1.82) is 0 Å². The van der Waals surface area contributed by atoms with Crippen LogP contribution in [0.5, 0.6) is 0 Å². The van der Waals surface area contributed by atoms with Gasteiger partial charge in [0.25, 0.3) is 0 Å². The van der Waals surface area contributed by atoms with Crippen molar-refractivity contribution in [3.05, 3.63) is 53.6 Å². The Morgan fingerprint density at radius 1 is 1.41 bits per heavy atom. The third kappa shape index (κ3) is 1.58. The highest BCUT2D eigenvalue weighted by Crippen LogP contribution is 2.42. The molecular formula is C14H17N3. The molecule has 1 aliphatic rings. The SMILES string of the molecule is CNC(c1nccn1C)C1Cc2ccccc21. The van der Waals surface area contributed by atoms with Gasteiger partial charge in [-0.1, -0.05) is 24.3 Å². The summed E-state index contributed by atoms with van der Waals surface area (Å²) >= 11 is 0. The molecule has 0 fully saturated rings. The quantitative estimate of drug-likeness (QED) is 0.869. The number of aromatic nitrogens is 2. The predicted octanol–water partition coefficient (Wildman–Crippen LogP) is 2.02. The normalized spacial score (nSPS) is 19.5. The van der Waals surface area contributed by atoms with E-state index >= 15 is 0 Å². The third-order valence-corrected chi connectivity index (χ3v) is 3.74. The average Bonchev–Trinajstić information content (AvgIpc) is 2.72. The van der Waals surface area contributed by atoms with Crippen LogP contribution in [-0.2, 0) is 13.5 Å². The van der Waals surface area contributed by atoms with Gasteiger partial charge >= 0.3 is 0 Å². The number of imidazole rings is 1. The van der Waals surface area contributed by atoms with Crippen LogP contribution in [-0.4, -0.2) is 16.6 Å². The smallest absolute Gasteiger partial charge is 0.126 e. The first-order chi connectivity index (χ1) is 8.31. The monoisotopic (exact) mass is 227 g/mol. The maximum absolute atomic E-state index is 4.46. The van der Waals surface area contributed by atoms with E-state index in [1.54, 1.807) is 0 Å². The molecule has 0 spiro atoms. The lowest BCUT2D eigenvalue weighted by Gasteiger charge is -2.36. The maximum atomic E-state index is 4.46. The molecule has 2 aromatic rings. The fourth-order valence-corrected chi connectivity index (χ4v) is 2.78. The fraction of sp³-hybridized carbons (Fsp3) is 0.357. The summed E-state index contributed by atoms with van der Waals surface area (Å²) in [4.78, 5) is 4.46. The van der Waals surface area contributed by atoms with Crippen LogP contribution >= 0.6 is 0 Å². The van der Waals surface area contributed by atoms with Crippen LogP contribution in [0.4, 0.5) is 0 Å². The molecule has 2 unspecified atom stereocenters. The molecule has 0 radical (unpaired) electrons. The van der Waals surface area contributed by atoms with E-state index in [2.05, 4.69) is 46.2 Å². The van der Waals surface area contributed by atoms with Crippen LogP contribution in [0.25, 0.3) is 0 Å². The highest BCUT2D eigenvalue weighted by Gasteiger charge is 2.34. The maximum Gasteiger partial charge on any atom is 0.126 e. The molecular weight excluding hydrogens is 210 g/mol. The molecule has 0 saturated heterocycles. The Bertz CT molecular complexity index is 530. The average molecular weight is 227 g/mol. The summed E-state index contributed by atoms with van der Waals surface area (Å²) in [5, 5.41) is 3.40. The first kappa shape index (κ1) is 10.5. The second-order valence-corrected chi connectivity index (χ2v) is 4.67. The number of benzene rings is 1. The summed E-state index contributed by atoms with van der Waals surface area (Å²) in [6, 6.07) is 9.00. The van der Waals surface area contributed by atoms with Crippen molar-refractivity contribution in [2.24, 2.45) is 7.05 Å². The first-order valence-electron chi connectivity index (χ1n) is 6.03. The Morgan fingerprint density at radius 2 is 2.24 bits per heavy atom. The fourth-order valence-electron chi connectivity index (χ4n) is 2.78. The van der Waals surface area contributed by atoms with Crippen LogP contribution in [0.2, 0.25) is 0 Å². The molecule has 1 aromatic heterocycles. The largest absolute Gasteiger partial charge is 0.337 e. The van der Waals surface area contributed by atoms with Crippen LogP contribution < -0.4 is 5.32 Å². The molecule has 3 heteroatoms. The van der Waals surface area contributed by atoms with Gasteiger partial charge in [0, 0.05) is 25.4 Å². The van der Waals surface area contributed by atoms with Crippen LogP contribution in [0.1, 0.15) is 28.9 Å². The van der Waals surface area contributed by atoms with E-state index in [1.807, 2.05) is 19.4 Å². The molecule has 3 nitrogen and oxygen atoms in total. The van der Waals surface area contributed by atoms with E-state index in [-0.39, 0.29) is 0 Å². The zero-order valence-electron chi connectivity index (χ0n) is 10.2. The predicted molar refractivity (Wildman–Crippen MR) is 67.9 cm³/mol. The Hall–Kier alpha value is -1.61. The molecule has 0 aliphatic heterocycles. The van der Waals surface area contributed by atoms with Gasteiger partial charge in [-0.15, -0.1) is 0 Å². The van der Waals surface area contributed by atoms with Crippen molar-refractivity contribution in [3.8, 4) is 0 Å². The van der Waals surface area contributed by atoms with Crippen molar-refractivity contribution < 1.29 is 0 Å². The number of likely N-dealkylation sites (N-methyl/N-ethyl adjacent to an activating group) is 1. The minimum atomic E-state index is 0.310. The zero-order valence-corrected chi connectivity index (χ0v) is 10.2. The lowest BCUT2D eigenvalue weighted by Crippen LogP contribution is -2.33. The summed E-state index contributed by atoms with van der Waals surface area (Å²) < 4.78 is 2.10. The summed E-state index contributed by atoms with van der Waals surface area (Å²) in [6.07, 6.45) is 5.02. The van der Waals surface area contributed by atoms with Gasteiger partial charge in [0.05, 0.1) is 6.04 Å². The number of hydrogen-bond acceptors (Lipinski definition) is 2. The Balaban J connectivity index is 1.93. The summed E-state index contributed by atoms with van der Waals surface area (Å²) in [5.41, 5.74) is 2.95. The van der Waals surface area contributed by atoms with Crippen molar-refractivity contribution >= 4 is 0 Å². The number of aryl methyl sites for hydroxylation is 1. The number of fused-ring (bicyclic) bond motifs is 1. The van der Waals surface area contributed by atoms with E-state index in [1.165, 1.54) is 11.1 Å². The van der Waals surface area contributed by atoms with Gasteiger partial charge in [0.15, 0.2) is 0 Å². The Morgan fingerprint density at radius 3 is 2.88 bits per heavy atom. The molecule has 3 rings (SSSR count). The van der Waals surface area contributed by atoms with Crippen LogP contribution in [0.15, 0.2) is 36.7 Å². The molecule has 17 heavy (non-hydrogen) atoms. The summed E-state index contributed by atoms with van der Waals surface area (Å²) in [6.45, 7) is 0. The third-order valence-electron chi connectivity index (χ3n) is 3.74. The molecule has 1 aromatic carbocycles. The molecule has 0 saturated carbocycles. The van der Waals surface area contributed by atoms with E-state index in [0.29, 0.717) is 12.0 Å². The summed E-state index contributed by atoms with van der Waals surface area (Å²) in [5.74, 6) is 1.67. The van der Waals surface area contributed by atoms with Gasteiger partial charge < -0.3 is 9.88 Å². The van der Waals surface area contributed by atoms with E-state index in [9.17, 15) is 0 Å². The van der Waals surface area contributed by atoms with Gasteiger partial charge in [-0.25, -0.2) is 4.98 Å². The van der Waals surface area contributed by atoms with Crippen LogP contribution in [0, 0.1) is 0 Å². The standard InChI is InChI=1S/C14H17N3/c1-15-13(14-16-7-8-17(14)2)12-9-10-5-3-4-6-11(10)12/h3-8,12-13,15H,9H2,1-2H3. The molecule has 1 N–H and O–H groups in total. The van der Waals surface area contributed by atoms with E-state index in [0.717, 1.165) is 12.2 Å². The summed E-state index contributed by atoms with van der Waals surface area (Å²) in [7, 11) is 4.07. The van der Waals surface area contributed by atoms with Crippen molar-refractivity contribution in [2.75, 3.05) is 7.05 Å². The molecule has 1 heterocycles. The van der Waals surface area contributed by atoms with E-state index in [4.69, 9.17) is 0 Å². The Labute approximate surface area is 101 Å². The molecule has 88 valence electrons. The van der Waals surface area contributed by atoms with Gasteiger partial charge in [-0.3, -0.25) is 0 Å². The molecule has 0 amide bonds. The number of nitrogens with zero attached hydrogens (tertiary/aromatic N) is 2. The van der Waals surface area contributed by atoms with Crippen molar-refractivity contribution in [3.63, 3.8) is 0 Å². The van der Waals surface area contributed by atoms with Gasteiger partial charge in [-0.2, -0.15) is 0 Å². The molecule has 0 bridgehead atoms. The molecule has 2 atom stereocenters. The second-order valence-electron chi connectivity index (χ2n) is 4.67. The first-order valence-corrected chi connectivity index (χ1v) is 6.03. The zero-order chi connectivity index (χ0) is 11.8. The number of hydrogen-bond donors (Lipinski definition) is 1. The van der Waals surface area contributed by atoms with Crippen molar-refractivity contribution in [2.45, 2.75) is 18.4 Å². The highest BCUT2D eigenvalue weighted by molar-refractivity contribution is 5.42. The number of nitrogens with one attached hydrogen (secondary N) is 1. The van der Waals surface area contributed by atoms with Gasteiger partial charge in [0.2, 0.25) is 0 Å². The number of rotatable bonds is 3. The van der Waals surface area contributed by atoms with E-state index < -0.39 is 0 Å². The van der Waals surface area contributed by atoms with Crippen LogP contribution in [0.3, 0.4) is 0 Å². The minimum absolute atomic E-state index is 0.310. The van der Waals surface area contributed by atoms with Gasteiger partial charge in [0.1, 0.15) is 5.82 Å². The minimum Gasteiger partial charge on any atom is -0.337 e. The lowest BCUT2D eigenvalue weighted by molar-refractivity contribution is 0.412. The lowest BCUT2D eigenvalue weighted by atomic mass is 9.73.